The van der Waals surface area contributed by atoms with E-state index in [0.717, 1.165) is 10.0 Å². The molecule has 1 aromatic carbocycles. The number of nitrogens with one attached hydrogen (secondary N) is 1. The van der Waals surface area contributed by atoms with E-state index in [2.05, 4.69) is 21.2 Å². The zero-order chi connectivity index (χ0) is 13.0. The van der Waals surface area contributed by atoms with Crippen molar-refractivity contribution in [3.8, 4) is 0 Å². The summed E-state index contributed by atoms with van der Waals surface area (Å²) in [7, 11) is 0. The van der Waals surface area contributed by atoms with Gasteiger partial charge in [-0.25, -0.2) is 4.79 Å². The SMILES string of the molecule is CC(=O)NC(Cc1cc(Cl)ccc1Br)C(=O)O. The van der Waals surface area contributed by atoms with Crippen molar-refractivity contribution in [2.24, 2.45) is 0 Å². The summed E-state index contributed by atoms with van der Waals surface area (Å²) in [5.41, 5.74) is 0.735. The fourth-order valence-electron chi connectivity index (χ4n) is 1.37. The van der Waals surface area contributed by atoms with Crippen LogP contribution in [0.4, 0.5) is 0 Å². The number of aliphatic carboxylic acids is 1. The summed E-state index contributed by atoms with van der Waals surface area (Å²) in [6.07, 6.45) is 0.177. The van der Waals surface area contributed by atoms with Crippen LogP contribution < -0.4 is 5.32 Å². The van der Waals surface area contributed by atoms with E-state index in [1.807, 2.05) is 0 Å². The molecule has 0 aromatic heterocycles. The molecule has 2 N–H and O–H groups in total. The Morgan fingerprint density at radius 2 is 2.18 bits per heavy atom. The second-order valence-electron chi connectivity index (χ2n) is 3.53. The van der Waals surface area contributed by atoms with Gasteiger partial charge in [-0.05, 0) is 23.8 Å². The summed E-state index contributed by atoms with van der Waals surface area (Å²) in [6, 6.07) is 4.15. The highest BCUT2D eigenvalue weighted by Gasteiger charge is 2.20. The highest BCUT2D eigenvalue weighted by molar-refractivity contribution is 9.10. The van der Waals surface area contributed by atoms with Crippen molar-refractivity contribution in [1.82, 2.24) is 5.32 Å². The van der Waals surface area contributed by atoms with Crippen LogP contribution in [0.3, 0.4) is 0 Å². The summed E-state index contributed by atoms with van der Waals surface area (Å²) < 4.78 is 0.763. The van der Waals surface area contributed by atoms with Gasteiger partial charge in [-0.3, -0.25) is 4.79 Å². The highest BCUT2D eigenvalue weighted by Crippen LogP contribution is 2.22. The van der Waals surface area contributed by atoms with E-state index in [-0.39, 0.29) is 12.3 Å². The highest BCUT2D eigenvalue weighted by atomic mass is 79.9. The maximum Gasteiger partial charge on any atom is 0.326 e. The Hall–Kier alpha value is -1.07. The lowest BCUT2D eigenvalue weighted by Crippen LogP contribution is -2.41. The Kier molecular flexibility index (Phi) is 4.96. The minimum atomic E-state index is -1.08. The van der Waals surface area contributed by atoms with Crippen molar-refractivity contribution in [2.75, 3.05) is 0 Å². The predicted molar refractivity (Wildman–Crippen MR) is 68.1 cm³/mol. The van der Waals surface area contributed by atoms with Gasteiger partial charge in [0.15, 0.2) is 0 Å². The van der Waals surface area contributed by atoms with Gasteiger partial charge in [0, 0.05) is 22.8 Å². The van der Waals surface area contributed by atoms with Crippen LogP contribution in [0, 0.1) is 0 Å². The lowest BCUT2D eigenvalue weighted by atomic mass is 10.1. The molecule has 0 saturated carbocycles. The number of rotatable bonds is 4. The van der Waals surface area contributed by atoms with Gasteiger partial charge in [-0.2, -0.15) is 0 Å². The van der Waals surface area contributed by atoms with E-state index in [1.54, 1.807) is 18.2 Å². The van der Waals surface area contributed by atoms with E-state index in [9.17, 15) is 9.59 Å². The maximum absolute atomic E-state index is 11.0. The van der Waals surface area contributed by atoms with E-state index < -0.39 is 12.0 Å². The van der Waals surface area contributed by atoms with Crippen LogP contribution in [0.5, 0.6) is 0 Å². The third kappa shape index (κ3) is 4.36. The van der Waals surface area contributed by atoms with Crippen molar-refractivity contribution in [3.63, 3.8) is 0 Å². The second kappa shape index (κ2) is 6.02. The van der Waals surface area contributed by atoms with Crippen LogP contribution >= 0.6 is 27.5 Å². The van der Waals surface area contributed by atoms with Gasteiger partial charge < -0.3 is 10.4 Å². The van der Waals surface area contributed by atoms with E-state index in [1.165, 1.54) is 6.92 Å². The minimum Gasteiger partial charge on any atom is -0.480 e. The quantitative estimate of drug-likeness (QED) is 0.894. The number of carboxylic acid groups (broad SMARTS) is 1. The summed E-state index contributed by atoms with van der Waals surface area (Å²) in [6.45, 7) is 1.28. The van der Waals surface area contributed by atoms with Gasteiger partial charge in [0.25, 0.3) is 0 Å². The molecular weight excluding hydrogens is 309 g/mol. The maximum atomic E-state index is 11.0. The molecule has 92 valence electrons. The van der Waals surface area contributed by atoms with Gasteiger partial charge in [-0.1, -0.05) is 27.5 Å². The molecule has 0 fully saturated rings. The number of hydrogen-bond acceptors (Lipinski definition) is 2. The third-order valence-corrected chi connectivity index (χ3v) is 3.12. The van der Waals surface area contributed by atoms with Crippen LogP contribution in [0.15, 0.2) is 22.7 Å². The van der Waals surface area contributed by atoms with Gasteiger partial charge in [0.1, 0.15) is 6.04 Å². The van der Waals surface area contributed by atoms with Crippen molar-refractivity contribution in [2.45, 2.75) is 19.4 Å². The first kappa shape index (κ1) is 14.0. The molecule has 1 amide bonds. The first-order valence-corrected chi connectivity index (χ1v) is 6.01. The van der Waals surface area contributed by atoms with Crippen molar-refractivity contribution in [3.05, 3.63) is 33.3 Å². The zero-order valence-corrected chi connectivity index (χ0v) is 11.4. The van der Waals surface area contributed by atoms with Crippen LogP contribution in [0.25, 0.3) is 0 Å². The lowest BCUT2D eigenvalue weighted by molar-refractivity contribution is -0.141. The Bertz CT molecular complexity index is 450. The summed E-state index contributed by atoms with van der Waals surface area (Å²) in [5.74, 6) is -1.46. The van der Waals surface area contributed by atoms with Crippen LogP contribution in [-0.4, -0.2) is 23.0 Å². The Morgan fingerprint density at radius 3 is 2.71 bits per heavy atom. The van der Waals surface area contributed by atoms with E-state index >= 15 is 0 Å². The van der Waals surface area contributed by atoms with Crippen molar-refractivity contribution in [1.29, 1.82) is 0 Å². The molecule has 1 aromatic rings. The molecule has 0 aliphatic rings. The average molecular weight is 321 g/mol. The average Bonchev–Trinajstić information content (AvgIpc) is 2.21. The van der Waals surface area contributed by atoms with Crippen molar-refractivity contribution < 1.29 is 14.7 Å². The lowest BCUT2D eigenvalue weighted by Gasteiger charge is -2.14. The number of benzene rings is 1. The molecule has 4 nitrogen and oxygen atoms in total. The molecule has 0 aliphatic heterocycles. The standard InChI is InChI=1S/C11H11BrClNO3/c1-6(15)14-10(11(16)17)5-7-4-8(13)2-3-9(7)12/h2-4,10H,5H2,1H3,(H,14,15)(H,16,17). The Morgan fingerprint density at radius 1 is 1.53 bits per heavy atom. The second-order valence-corrected chi connectivity index (χ2v) is 4.82. The normalized spacial score (nSPS) is 11.9. The van der Waals surface area contributed by atoms with Crippen molar-refractivity contribution >= 4 is 39.4 Å². The smallest absolute Gasteiger partial charge is 0.326 e. The molecule has 0 aliphatic carbocycles. The van der Waals surface area contributed by atoms with Crippen LogP contribution in [0.1, 0.15) is 12.5 Å². The minimum absolute atomic E-state index is 0.177. The summed E-state index contributed by atoms with van der Waals surface area (Å²) in [5, 5.41) is 11.9. The fraction of sp³-hybridized carbons (Fsp3) is 0.273. The number of carbonyl (C=O) groups excluding carboxylic acids is 1. The summed E-state index contributed by atoms with van der Waals surface area (Å²) >= 11 is 9.14. The first-order valence-electron chi connectivity index (χ1n) is 4.84. The van der Waals surface area contributed by atoms with Gasteiger partial charge >= 0.3 is 5.97 Å². The number of carboxylic acids is 1. The first-order chi connectivity index (χ1) is 7.90. The molecule has 0 spiro atoms. The van der Waals surface area contributed by atoms with E-state index in [4.69, 9.17) is 16.7 Å². The van der Waals surface area contributed by atoms with Crippen LogP contribution in [-0.2, 0) is 16.0 Å². The van der Waals surface area contributed by atoms with E-state index in [0.29, 0.717) is 5.02 Å². The molecule has 1 rings (SSSR count). The molecule has 0 saturated heterocycles. The number of halogens is 2. The summed E-state index contributed by atoms with van der Waals surface area (Å²) in [4.78, 5) is 21.9. The van der Waals surface area contributed by atoms with Gasteiger partial charge in [0.2, 0.25) is 5.91 Å². The Balaban J connectivity index is 2.89. The monoisotopic (exact) mass is 319 g/mol. The Labute approximate surface area is 112 Å². The topological polar surface area (TPSA) is 66.4 Å². The third-order valence-electron chi connectivity index (χ3n) is 2.11. The number of amides is 1. The predicted octanol–water partition coefficient (Wildman–Crippen LogP) is 2.23. The van der Waals surface area contributed by atoms with Gasteiger partial charge in [0.05, 0.1) is 0 Å². The molecule has 1 unspecified atom stereocenters. The molecular formula is C11H11BrClNO3. The molecule has 0 bridgehead atoms. The molecule has 1 atom stereocenters. The zero-order valence-electron chi connectivity index (χ0n) is 9.04. The number of carbonyl (C=O) groups is 2. The largest absolute Gasteiger partial charge is 0.480 e. The molecule has 0 heterocycles. The van der Waals surface area contributed by atoms with Crippen LogP contribution in [0.2, 0.25) is 5.02 Å². The molecule has 6 heteroatoms. The fourth-order valence-corrected chi connectivity index (χ4v) is 1.97. The van der Waals surface area contributed by atoms with Gasteiger partial charge in [-0.15, -0.1) is 0 Å². The molecule has 17 heavy (non-hydrogen) atoms. The molecule has 0 radical (unpaired) electrons. The number of hydrogen-bond donors (Lipinski definition) is 2.